The summed E-state index contributed by atoms with van der Waals surface area (Å²) >= 11 is 0. The van der Waals surface area contributed by atoms with Crippen LogP contribution in [0, 0.1) is 0 Å². The third kappa shape index (κ3) is 3.72. The third-order valence-electron chi connectivity index (χ3n) is 2.36. The van der Waals surface area contributed by atoms with Gasteiger partial charge in [0.05, 0.1) is 27.4 Å². The van der Waals surface area contributed by atoms with Gasteiger partial charge in [-0.15, -0.1) is 0 Å². The predicted molar refractivity (Wildman–Crippen MR) is 72.5 cm³/mol. The fourth-order valence-corrected chi connectivity index (χ4v) is 1.39. The van der Waals surface area contributed by atoms with Crippen molar-refractivity contribution < 1.29 is 28.5 Å². The molecule has 0 fully saturated rings. The van der Waals surface area contributed by atoms with Gasteiger partial charge in [-0.2, -0.15) is 9.97 Å². The lowest BCUT2D eigenvalue weighted by molar-refractivity contribution is 0.118. The van der Waals surface area contributed by atoms with Crippen LogP contribution < -0.4 is 18.9 Å². The summed E-state index contributed by atoms with van der Waals surface area (Å²) in [6.07, 6.45) is 0.505. The first-order chi connectivity index (χ1) is 10.7. The van der Waals surface area contributed by atoms with Crippen LogP contribution in [-0.4, -0.2) is 42.4 Å². The van der Waals surface area contributed by atoms with Crippen molar-refractivity contribution in [1.82, 2.24) is 15.0 Å². The number of carbonyl (C=O) groups is 1. The van der Waals surface area contributed by atoms with Crippen LogP contribution in [-0.2, 0) is 4.74 Å². The molecule has 9 heteroatoms. The van der Waals surface area contributed by atoms with E-state index in [4.69, 9.17) is 18.9 Å². The van der Waals surface area contributed by atoms with Crippen molar-refractivity contribution in [2.45, 2.75) is 0 Å². The molecule has 0 spiro atoms. The molecule has 0 radical (unpaired) electrons. The molecule has 2 heterocycles. The summed E-state index contributed by atoms with van der Waals surface area (Å²) in [6.45, 7) is 0. The van der Waals surface area contributed by atoms with Gasteiger partial charge in [0.1, 0.15) is 0 Å². The molecular formula is C13H13N3O6. The Kier molecular flexibility index (Phi) is 4.91. The molecule has 0 aromatic carbocycles. The molecule has 0 aliphatic rings. The number of aromatic nitrogens is 3. The summed E-state index contributed by atoms with van der Waals surface area (Å²) in [4.78, 5) is 23.1. The van der Waals surface area contributed by atoms with E-state index in [9.17, 15) is 4.79 Å². The number of ether oxygens (including phenoxy) is 5. The van der Waals surface area contributed by atoms with Gasteiger partial charge in [-0.25, -0.2) is 9.78 Å². The number of rotatable bonds is 5. The van der Waals surface area contributed by atoms with Crippen LogP contribution in [0.3, 0.4) is 0 Å². The standard InChI is InChI=1S/C13H13N3O6/c1-18-9-7-10(19-2)16-12(15-9)21-8-5-4-6-14-11(8)22-13(17)20-3/h4-7H,1-3H3. The number of methoxy groups -OCH3 is 3. The molecule has 22 heavy (non-hydrogen) atoms. The average Bonchev–Trinajstić information content (AvgIpc) is 2.56. The fraction of sp³-hybridized carbons (Fsp3) is 0.231. The minimum Gasteiger partial charge on any atom is -0.481 e. The van der Waals surface area contributed by atoms with Crippen LogP contribution in [0.25, 0.3) is 0 Å². The van der Waals surface area contributed by atoms with Crippen molar-refractivity contribution in [3.8, 4) is 29.4 Å². The van der Waals surface area contributed by atoms with Gasteiger partial charge in [0.25, 0.3) is 5.88 Å². The summed E-state index contributed by atoms with van der Waals surface area (Å²) in [7, 11) is 4.07. The molecule has 0 atom stereocenters. The second kappa shape index (κ2) is 7.07. The quantitative estimate of drug-likeness (QED) is 0.765. The average molecular weight is 307 g/mol. The Morgan fingerprint density at radius 2 is 1.77 bits per heavy atom. The normalized spacial score (nSPS) is 9.77. The van der Waals surface area contributed by atoms with Crippen LogP contribution in [0.15, 0.2) is 24.4 Å². The zero-order valence-electron chi connectivity index (χ0n) is 12.1. The maximum absolute atomic E-state index is 11.2. The van der Waals surface area contributed by atoms with Gasteiger partial charge in [0, 0.05) is 6.20 Å². The van der Waals surface area contributed by atoms with Gasteiger partial charge in [-0.1, -0.05) is 0 Å². The molecule has 0 unspecified atom stereocenters. The van der Waals surface area contributed by atoms with E-state index in [1.54, 1.807) is 6.07 Å². The number of pyridine rings is 1. The highest BCUT2D eigenvalue weighted by molar-refractivity contribution is 5.64. The molecule has 0 aliphatic heterocycles. The molecule has 2 aromatic heterocycles. The topological polar surface area (TPSA) is 102 Å². The Morgan fingerprint density at radius 1 is 1.09 bits per heavy atom. The molecule has 0 saturated heterocycles. The Morgan fingerprint density at radius 3 is 2.36 bits per heavy atom. The molecule has 0 bridgehead atoms. The molecule has 116 valence electrons. The van der Waals surface area contributed by atoms with Gasteiger partial charge >= 0.3 is 12.2 Å². The first kappa shape index (κ1) is 15.3. The summed E-state index contributed by atoms with van der Waals surface area (Å²) in [5.74, 6) is 0.547. The van der Waals surface area contributed by atoms with Crippen molar-refractivity contribution in [2.24, 2.45) is 0 Å². The molecule has 0 saturated carbocycles. The van der Waals surface area contributed by atoms with E-state index in [0.717, 1.165) is 0 Å². The van der Waals surface area contributed by atoms with E-state index in [0.29, 0.717) is 0 Å². The highest BCUT2D eigenvalue weighted by Gasteiger charge is 2.15. The lowest BCUT2D eigenvalue weighted by atomic mass is 10.4. The Hall–Kier alpha value is -3.10. The minimum absolute atomic E-state index is 0.0566. The maximum atomic E-state index is 11.2. The van der Waals surface area contributed by atoms with Crippen LogP contribution >= 0.6 is 0 Å². The first-order valence-electron chi connectivity index (χ1n) is 6.02. The molecule has 0 aliphatic carbocycles. The van der Waals surface area contributed by atoms with E-state index in [-0.39, 0.29) is 29.4 Å². The predicted octanol–water partition coefficient (Wildman–Crippen LogP) is 1.83. The summed E-state index contributed by atoms with van der Waals surface area (Å²) in [5, 5.41) is 0. The van der Waals surface area contributed by atoms with E-state index in [2.05, 4.69) is 19.7 Å². The van der Waals surface area contributed by atoms with E-state index < -0.39 is 6.16 Å². The van der Waals surface area contributed by atoms with E-state index >= 15 is 0 Å². The number of hydrogen-bond donors (Lipinski definition) is 0. The lowest BCUT2D eigenvalue weighted by Crippen LogP contribution is -2.09. The van der Waals surface area contributed by atoms with Crippen molar-refractivity contribution in [1.29, 1.82) is 0 Å². The molecule has 0 N–H and O–H groups in total. The van der Waals surface area contributed by atoms with E-state index in [1.807, 2.05) is 0 Å². The third-order valence-corrected chi connectivity index (χ3v) is 2.36. The van der Waals surface area contributed by atoms with Gasteiger partial charge in [0.15, 0.2) is 5.75 Å². The minimum atomic E-state index is -0.923. The zero-order chi connectivity index (χ0) is 15.9. The van der Waals surface area contributed by atoms with Gasteiger partial charge in [-0.05, 0) is 12.1 Å². The number of nitrogens with zero attached hydrogens (tertiary/aromatic N) is 3. The molecule has 2 rings (SSSR count). The second-order valence-corrected chi connectivity index (χ2v) is 3.70. The van der Waals surface area contributed by atoms with Crippen molar-refractivity contribution >= 4 is 6.16 Å². The molecule has 2 aromatic rings. The fourth-order valence-electron chi connectivity index (χ4n) is 1.39. The van der Waals surface area contributed by atoms with Crippen molar-refractivity contribution in [3.05, 3.63) is 24.4 Å². The smallest absolute Gasteiger partial charge is 0.481 e. The van der Waals surface area contributed by atoms with Gasteiger partial charge in [-0.3, -0.25) is 0 Å². The van der Waals surface area contributed by atoms with Crippen LogP contribution in [0.1, 0.15) is 0 Å². The molecule has 9 nitrogen and oxygen atoms in total. The second-order valence-electron chi connectivity index (χ2n) is 3.70. The van der Waals surface area contributed by atoms with Crippen LogP contribution in [0.4, 0.5) is 4.79 Å². The highest BCUT2D eigenvalue weighted by atomic mass is 16.7. The molecule has 0 amide bonds. The first-order valence-corrected chi connectivity index (χ1v) is 6.02. The Balaban J connectivity index is 2.29. The van der Waals surface area contributed by atoms with Crippen LogP contribution in [0.2, 0.25) is 0 Å². The largest absolute Gasteiger partial charge is 0.515 e. The maximum Gasteiger partial charge on any atom is 0.515 e. The summed E-state index contributed by atoms with van der Waals surface area (Å²) < 4.78 is 24.8. The molecular weight excluding hydrogens is 294 g/mol. The number of carbonyl (C=O) groups excluding carboxylic acids is 1. The monoisotopic (exact) mass is 307 g/mol. The Bertz CT molecular complexity index is 642. The highest BCUT2D eigenvalue weighted by Crippen LogP contribution is 2.29. The summed E-state index contributed by atoms with van der Waals surface area (Å²) in [6, 6.07) is 4.55. The Labute approximate surface area is 125 Å². The van der Waals surface area contributed by atoms with Crippen molar-refractivity contribution in [3.63, 3.8) is 0 Å². The van der Waals surface area contributed by atoms with Gasteiger partial charge in [0.2, 0.25) is 11.8 Å². The summed E-state index contributed by atoms with van der Waals surface area (Å²) in [5.41, 5.74) is 0. The van der Waals surface area contributed by atoms with E-state index in [1.165, 1.54) is 39.7 Å². The lowest BCUT2D eigenvalue weighted by Gasteiger charge is -2.09. The number of hydrogen-bond acceptors (Lipinski definition) is 9. The van der Waals surface area contributed by atoms with Gasteiger partial charge < -0.3 is 23.7 Å². The van der Waals surface area contributed by atoms with Crippen molar-refractivity contribution in [2.75, 3.05) is 21.3 Å². The SMILES string of the molecule is COC(=O)Oc1ncccc1Oc1nc(OC)cc(OC)n1. The van der Waals surface area contributed by atoms with Crippen LogP contribution in [0.5, 0.6) is 29.4 Å². The zero-order valence-corrected chi connectivity index (χ0v) is 12.1.